The van der Waals surface area contributed by atoms with Crippen molar-refractivity contribution in [2.45, 2.75) is 93.0 Å². The Morgan fingerprint density at radius 3 is 1.91 bits per heavy atom. The van der Waals surface area contributed by atoms with Crippen LogP contribution in [-0.2, 0) is 9.47 Å². The molecule has 7 rings (SSSR count). The van der Waals surface area contributed by atoms with Crippen molar-refractivity contribution in [3.63, 3.8) is 0 Å². The average molecular weight is 748 g/mol. The quantitative estimate of drug-likeness (QED) is 0.143. The highest BCUT2D eigenvalue weighted by Crippen LogP contribution is 2.43. The number of nitrogens with one attached hydrogen (secondary N) is 3. The summed E-state index contributed by atoms with van der Waals surface area (Å²) < 4.78 is 13.1. The Bertz CT molecular complexity index is 2040. The van der Waals surface area contributed by atoms with E-state index in [0.29, 0.717) is 72.1 Å². The summed E-state index contributed by atoms with van der Waals surface area (Å²) >= 11 is 0. The number of ketones is 4. The third-order valence-electron chi connectivity index (χ3n) is 12.1. The third kappa shape index (κ3) is 6.97. The fraction of sp³-hybridized carbons (Fsp3) is 0.477. The van der Waals surface area contributed by atoms with E-state index in [1.165, 1.54) is 18.3 Å². The Hall–Kier alpha value is -4.87. The summed E-state index contributed by atoms with van der Waals surface area (Å²) in [6.45, 7) is 18.2. The zero-order valence-corrected chi connectivity index (χ0v) is 33.1. The molecule has 0 spiro atoms. The van der Waals surface area contributed by atoms with Gasteiger partial charge in [-0.15, -0.1) is 0 Å². The van der Waals surface area contributed by atoms with Gasteiger partial charge >= 0.3 is 0 Å². The molecule has 2 aliphatic carbocycles. The number of hydrogen-bond acceptors (Lipinski definition) is 11. The van der Waals surface area contributed by atoms with Crippen LogP contribution in [0.3, 0.4) is 0 Å². The van der Waals surface area contributed by atoms with Crippen LogP contribution in [0.5, 0.6) is 0 Å². The van der Waals surface area contributed by atoms with E-state index in [4.69, 9.17) is 15.2 Å². The highest BCUT2D eigenvalue weighted by molar-refractivity contribution is 6.44. The lowest BCUT2D eigenvalue weighted by Crippen LogP contribution is -2.51. The molecule has 4 unspecified atom stereocenters. The fourth-order valence-electron chi connectivity index (χ4n) is 8.67. The van der Waals surface area contributed by atoms with Gasteiger partial charge in [0.15, 0.2) is 23.1 Å². The second-order valence-corrected chi connectivity index (χ2v) is 16.7. The largest absolute Gasteiger partial charge is 0.397 e. The van der Waals surface area contributed by atoms with Gasteiger partial charge in [0.2, 0.25) is 0 Å². The number of rotatable bonds is 10. The van der Waals surface area contributed by atoms with E-state index in [1.807, 2.05) is 19.2 Å². The highest BCUT2D eigenvalue weighted by Gasteiger charge is 2.45. The number of pyridine rings is 1. The third-order valence-corrected chi connectivity index (χ3v) is 12.1. The van der Waals surface area contributed by atoms with Crippen LogP contribution in [0.2, 0.25) is 0 Å². The molecule has 5 N–H and O–H groups in total. The summed E-state index contributed by atoms with van der Waals surface area (Å²) in [5.74, 6) is 0.386. The Morgan fingerprint density at radius 1 is 0.782 bits per heavy atom. The lowest BCUT2D eigenvalue weighted by molar-refractivity contribution is 0.00435. The fourth-order valence-corrected chi connectivity index (χ4v) is 8.67. The van der Waals surface area contributed by atoms with Crippen LogP contribution in [0.25, 0.3) is 0 Å². The minimum absolute atomic E-state index is 0.0192. The lowest BCUT2D eigenvalue weighted by atomic mass is 9.86. The van der Waals surface area contributed by atoms with E-state index in [2.05, 4.69) is 75.5 Å². The van der Waals surface area contributed by atoms with E-state index in [0.717, 1.165) is 23.1 Å². The Kier molecular flexibility index (Phi) is 10.5. The first-order valence-electron chi connectivity index (χ1n) is 19.7. The Labute approximate surface area is 323 Å². The van der Waals surface area contributed by atoms with Crippen molar-refractivity contribution in [3.05, 3.63) is 98.2 Å². The number of carbonyl (C=O) groups excluding carboxylic acids is 4. The summed E-state index contributed by atoms with van der Waals surface area (Å²) in [5.41, 5.74) is 10.7. The minimum atomic E-state index is -0.505. The zero-order chi connectivity index (χ0) is 39.5. The molecule has 0 bridgehead atoms. The Balaban J connectivity index is 1.19. The van der Waals surface area contributed by atoms with Crippen molar-refractivity contribution in [3.8, 4) is 0 Å². The first kappa shape index (κ1) is 38.4. The molecule has 5 aliphatic rings. The number of allylic oxidation sites excluding steroid dienone is 4. The van der Waals surface area contributed by atoms with Gasteiger partial charge in [-0.1, -0.05) is 61.0 Å². The number of aromatic nitrogens is 1. The molecule has 4 heterocycles. The second kappa shape index (κ2) is 15.0. The van der Waals surface area contributed by atoms with Crippen LogP contribution in [0.1, 0.15) is 128 Å². The van der Waals surface area contributed by atoms with E-state index < -0.39 is 29.2 Å². The normalized spacial score (nSPS) is 22.4. The predicted octanol–water partition coefficient (Wildman–Crippen LogP) is 7.25. The van der Waals surface area contributed by atoms with Crippen molar-refractivity contribution >= 4 is 34.6 Å². The summed E-state index contributed by atoms with van der Waals surface area (Å²) in [6, 6.07) is 4.66. The first-order valence-corrected chi connectivity index (χ1v) is 19.7. The molecule has 0 amide bonds. The first-order chi connectivity index (χ1) is 26.2. The molecule has 11 nitrogen and oxygen atoms in total. The van der Waals surface area contributed by atoms with Gasteiger partial charge in [-0.3, -0.25) is 19.2 Å². The SMILES string of the molecule is CCC(COC1CC(=C2C(=O)c3cc4c(cc3C2=O)C(=O)C(=C2CC(OCC(C(C)C)C(C)C)c3cc(N)cnc3N2)C4=O)NC2NC=C(C)C=C21)C(C)C. The van der Waals surface area contributed by atoms with Gasteiger partial charge in [0, 0.05) is 63.8 Å². The monoisotopic (exact) mass is 747 g/mol. The Morgan fingerprint density at radius 2 is 1.35 bits per heavy atom. The maximum absolute atomic E-state index is 14.2. The van der Waals surface area contributed by atoms with Crippen LogP contribution in [0, 0.1) is 29.6 Å². The molecule has 1 aromatic carbocycles. The maximum Gasteiger partial charge on any atom is 0.199 e. The summed E-state index contributed by atoms with van der Waals surface area (Å²) in [5, 5.41) is 9.97. The van der Waals surface area contributed by atoms with Gasteiger partial charge in [-0.05, 0) is 60.3 Å². The number of ether oxygens (including phenoxy) is 2. The van der Waals surface area contributed by atoms with Crippen molar-refractivity contribution in [1.82, 2.24) is 15.6 Å². The number of dihydropyridines is 1. The van der Waals surface area contributed by atoms with Gasteiger partial charge in [-0.25, -0.2) is 4.98 Å². The molecular formula is C44H53N5O6. The smallest absolute Gasteiger partial charge is 0.199 e. The number of carbonyl (C=O) groups is 4. The highest BCUT2D eigenvalue weighted by atomic mass is 16.5. The van der Waals surface area contributed by atoms with Crippen LogP contribution in [-0.4, -0.2) is 53.6 Å². The van der Waals surface area contributed by atoms with Crippen LogP contribution >= 0.6 is 0 Å². The summed E-state index contributed by atoms with van der Waals surface area (Å²) in [4.78, 5) is 61.1. The molecule has 1 saturated heterocycles. The molecule has 1 fully saturated rings. The van der Waals surface area contributed by atoms with Crippen LogP contribution in [0.4, 0.5) is 11.5 Å². The number of nitrogen functional groups attached to an aromatic ring is 1. The number of hydrogen-bond donors (Lipinski definition) is 4. The van der Waals surface area contributed by atoms with E-state index in [-0.39, 0.29) is 52.1 Å². The van der Waals surface area contributed by atoms with Crippen molar-refractivity contribution in [2.24, 2.45) is 29.6 Å². The molecule has 55 heavy (non-hydrogen) atoms. The van der Waals surface area contributed by atoms with E-state index >= 15 is 0 Å². The maximum atomic E-state index is 14.2. The molecular weight excluding hydrogens is 695 g/mol. The second-order valence-electron chi connectivity index (χ2n) is 16.7. The molecule has 11 heteroatoms. The number of Topliss-reactive ketones (excluding diaryl/α,β-unsaturated/α-hetero) is 4. The predicted molar refractivity (Wildman–Crippen MR) is 211 cm³/mol. The number of fused-ring (bicyclic) bond motifs is 4. The van der Waals surface area contributed by atoms with E-state index in [9.17, 15) is 19.2 Å². The van der Waals surface area contributed by atoms with E-state index in [1.54, 1.807) is 0 Å². The van der Waals surface area contributed by atoms with Gasteiger partial charge in [-0.2, -0.15) is 0 Å². The van der Waals surface area contributed by atoms with Crippen molar-refractivity contribution in [2.75, 3.05) is 24.3 Å². The molecule has 0 saturated carbocycles. The number of piperidine rings is 1. The molecule has 4 atom stereocenters. The average Bonchev–Trinajstić information content (AvgIpc) is 3.53. The number of nitrogens with two attached hydrogens (primary N) is 1. The topological polar surface area (TPSA) is 162 Å². The van der Waals surface area contributed by atoms with Crippen LogP contribution < -0.4 is 21.7 Å². The zero-order valence-electron chi connectivity index (χ0n) is 33.1. The molecule has 2 aromatic rings. The minimum Gasteiger partial charge on any atom is -0.397 e. The lowest BCUT2D eigenvalue weighted by Gasteiger charge is -2.39. The molecule has 0 radical (unpaired) electrons. The van der Waals surface area contributed by atoms with Crippen molar-refractivity contribution < 1.29 is 28.7 Å². The molecule has 3 aliphatic heterocycles. The molecule has 1 aromatic heterocycles. The number of nitrogens with zero attached hydrogens (tertiary/aromatic N) is 1. The summed E-state index contributed by atoms with van der Waals surface area (Å²) in [6.07, 6.45) is 5.81. The van der Waals surface area contributed by atoms with Gasteiger partial charge in [0.25, 0.3) is 0 Å². The standard InChI is InChI=1S/C44H53N5O6/c1-9-24(20(2)3)18-54-35-14-33(48-43-30(35)10-23(8)16-46-43)37-39(50)26-12-28-29(13-27(26)40(37)51)42(53)38(41(28)52)34-15-36(55-19-32(21(4)5)22(6)7)31-11-25(45)17-47-44(31)49-34/h10-13,16-17,20-22,24,32,35-36,43,46,48H,9,14-15,18-19,45H2,1-8H3,(H,47,49). The molecule has 290 valence electrons. The van der Waals surface area contributed by atoms with Gasteiger partial charge in [0.05, 0.1) is 48.5 Å². The van der Waals surface area contributed by atoms with Crippen molar-refractivity contribution in [1.29, 1.82) is 0 Å². The number of anilines is 2. The number of benzene rings is 1. The van der Waals surface area contributed by atoms with Crippen LogP contribution in [0.15, 0.2) is 70.4 Å². The summed E-state index contributed by atoms with van der Waals surface area (Å²) in [7, 11) is 0. The van der Waals surface area contributed by atoms with Gasteiger partial charge in [0.1, 0.15) is 12.0 Å². The van der Waals surface area contributed by atoms with Gasteiger partial charge < -0.3 is 31.2 Å².